The molecule has 6 nitrogen and oxygen atoms in total. The van der Waals surface area contributed by atoms with Crippen LogP contribution in [0.25, 0.3) is 0 Å². The lowest BCUT2D eigenvalue weighted by Gasteiger charge is -2.10. The van der Waals surface area contributed by atoms with Gasteiger partial charge in [0.25, 0.3) is 0 Å². The predicted octanol–water partition coefficient (Wildman–Crippen LogP) is 1.83. The number of hydrogen-bond acceptors (Lipinski definition) is 5. The molecule has 0 saturated carbocycles. The first kappa shape index (κ1) is 12.9. The van der Waals surface area contributed by atoms with Crippen LogP contribution < -0.4 is 4.74 Å². The van der Waals surface area contributed by atoms with Gasteiger partial charge in [0, 0.05) is 6.07 Å². The molecule has 1 atom stereocenters. The zero-order valence-corrected chi connectivity index (χ0v) is 8.96. The maximum absolute atomic E-state index is 13.2. The van der Waals surface area contributed by atoms with Gasteiger partial charge in [-0.1, -0.05) is 12.1 Å². The van der Waals surface area contributed by atoms with Crippen LogP contribution in [0.15, 0.2) is 24.3 Å². The highest BCUT2D eigenvalue weighted by molar-refractivity contribution is 5.73. The van der Waals surface area contributed by atoms with Crippen molar-refractivity contribution in [1.82, 2.24) is 0 Å². The number of hydrogen-bond donors (Lipinski definition) is 0. The van der Waals surface area contributed by atoms with Gasteiger partial charge in [0.2, 0.25) is 5.75 Å². The second-order valence-corrected chi connectivity index (χ2v) is 2.91. The number of benzene rings is 1. The number of nitrogens with zero attached hydrogens (tertiary/aromatic N) is 1. The van der Waals surface area contributed by atoms with Crippen LogP contribution in [0.5, 0.6) is 5.75 Å². The Morgan fingerprint density at radius 3 is 2.76 bits per heavy atom. The third-order valence-corrected chi connectivity index (χ3v) is 1.76. The van der Waals surface area contributed by atoms with Gasteiger partial charge in [-0.25, -0.2) is 4.79 Å². The maximum atomic E-state index is 13.2. The van der Waals surface area contributed by atoms with Crippen molar-refractivity contribution in [2.75, 3.05) is 6.61 Å². The molecule has 0 aliphatic heterocycles. The summed E-state index contributed by atoms with van der Waals surface area (Å²) in [4.78, 5) is 20.8. The second kappa shape index (κ2) is 5.78. The van der Waals surface area contributed by atoms with E-state index in [0.717, 1.165) is 6.07 Å². The molecule has 0 fully saturated rings. The topological polar surface area (TPSA) is 78.7 Å². The molecule has 0 bridgehead atoms. The Hall–Kier alpha value is -2.18. The summed E-state index contributed by atoms with van der Waals surface area (Å²) in [6.07, 6.45) is -2.38. The summed E-state index contributed by atoms with van der Waals surface area (Å²) < 4.78 is 22.1. The Kier molecular flexibility index (Phi) is 4.38. The molecule has 0 aliphatic carbocycles. The number of alkyl halides is 1. The summed E-state index contributed by atoms with van der Waals surface area (Å²) in [6, 6.07) is 5.18. The van der Waals surface area contributed by atoms with E-state index >= 15 is 0 Å². The second-order valence-electron chi connectivity index (χ2n) is 2.91. The van der Waals surface area contributed by atoms with Gasteiger partial charge in [0.05, 0.1) is 11.5 Å². The fourth-order valence-corrected chi connectivity index (χ4v) is 1.08. The van der Waals surface area contributed by atoms with E-state index in [1.54, 1.807) is 0 Å². The van der Waals surface area contributed by atoms with Crippen LogP contribution in [0.4, 0.5) is 10.1 Å². The van der Waals surface area contributed by atoms with E-state index in [1.165, 1.54) is 25.1 Å². The Balaban J connectivity index is 2.81. The third-order valence-electron chi connectivity index (χ3n) is 1.76. The number of nitro benzene ring substituents is 1. The number of carbonyl (C=O) groups excluding carboxylic acids is 1. The molecule has 92 valence electrons. The van der Waals surface area contributed by atoms with E-state index in [-0.39, 0.29) is 12.4 Å². The first-order valence-corrected chi connectivity index (χ1v) is 4.77. The van der Waals surface area contributed by atoms with Crippen LogP contribution >= 0.6 is 0 Å². The van der Waals surface area contributed by atoms with Crippen LogP contribution in [-0.4, -0.2) is 23.9 Å². The molecule has 0 aliphatic rings. The SMILES string of the molecule is CCOC(=O)C(F)Oc1ccccc1[N+](=O)[O-]. The molecule has 0 spiro atoms. The number of esters is 1. The van der Waals surface area contributed by atoms with E-state index in [4.69, 9.17) is 0 Å². The fourth-order valence-electron chi connectivity index (χ4n) is 1.08. The Morgan fingerprint density at radius 1 is 1.53 bits per heavy atom. The molecule has 1 aromatic carbocycles. The molecule has 1 rings (SSSR count). The first-order valence-electron chi connectivity index (χ1n) is 4.77. The van der Waals surface area contributed by atoms with Crippen molar-refractivity contribution in [3.8, 4) is 5.75 Å². The smallest absolute Gasteiger partial charge is 0.381 e. The minimum atomic E-state index is -2.38. The largest absolute Gasteiger partial charge is 0.461 e. The fraction of sp³-hybridized carbons (Fsp3) is 0.300. The summed E-state index contributed by atoms with van der Waals surface area (Å²) in [5, 5.41) is 10.6. The Bertz CT molecular complexity index is 423. The van der Waals surface area contributed by atoms with Crippen LogP contribution in [0.2, 0.25) is 0 Å². The summed E-state index contributed by atoms with van der Waals surface area (Å²) in [5.41, 5.74) is -0.417. The zero-order chi connectivity index (χ0) is 12.8. The van der Waals surface area contributed by atoms with Crippen molar-refractivity contribution in [2.24, 2.45) is 0 Å². The Morgan fingerprint density at radius 2 is 2.18 bits per heavy atom. The highest BCUT2D eigenvalue weighted by Crippen LogP contribution is 2.27. The normalized spacial score (nSPS) is 11.6. The van der Waals surface area contributed by atoms with Gasteiger partial charge in [-0.3, -0.25) is 10.1 Å². The molecule has 17 heavy (non-hydrogen) atoms. The number of ether oxygens (including phenoxy) is 2. The van der Waals surface area contributed by atoms with Crippen molar-refractivity contribution >= 4 is 11.7 Å². The van der Waals surface area contributed by atoms with Crippen molar-refractivity contribution in [1.29, 1.82) is 0 Å². The van der Waals surface area contributed by atoms with Gasteiger partial charge in [-0.05, 0) is 13.0 Å². The van der Waals surface area contributed by atoms with E-state index in [0.29, 0.717) is 0 Å². The molecule has 0 N–H and O–H groups in total. The van der Waals surface area contributed by atoms with Gasteiger partial charge in [0.1, 0.15) is 0 Å². The maximum Gasteiger partial charge on any atom is 0.381 e. The lowest BCUT2D eigenvalue weighted by atomic mass is 10.3. The molecule has 0 amide bonds. The summed E-state index contributed by atoms with van der Waals surface area (Å²) in [7, 11) is 0. The number of halogens is 1. The zero-order valence-electron chi connectivity index (χ0n) is 8.96. The average molecular weight is 243 g/mol. The van der Waals surface area contributed by atoms with E-state index < -0.39 is 22.9 Å². The highest BCUT2D eigenvalue weighted by Gasteiger charge is 2.24. The van der Waals surface area contributed by atoms with Gasteiger partial charge in [-0.15, -0.1) is 0 Å². The van der Waals surface area contributed by atoms with E-state index in [9.17, 15) is 19.3 Å². The minimum Gasteiger partial charge on any atom is -0.461 e. The van der Waals surface area contributed by atoms with Crippen LogP contribution in [0.3, 0.4) is 0 Å². The quantitative estimate of drug-likeness (QED) is 0.448. The summed E-state index contributed by atoms with van der Waals surface area (Å²) in [5.74, 6) is -1.54. The summed E-state index contributed by atoms with van der Waals surface area (Å²) >= 11 is 0. The molecule has 0 saturated heterocycles. The monoisotopic (exact) mass is 243 g/mol. The summed E-state index contributed by atoms with van der Waals surface area (Å²) in [6.45, 7) is 1.51. The van der Waals surface area contributed by atoms with Crippen LogP contribution in [0.1, 0.15) is 6.92 Å². The number of rotatable bonds is 5. The van der Waals surface area contributed by atoms with Crippen LogP contribution in [-0.2, 0) is 9.53 Å². The molecule has 0 radical (unpaired) electrons. The molecule has 0 aromatic heterocycles. The lowest BCUT2D eigenvalue weighted by Crippen LogP contribution is -2.25. The highest BCUT2D eigenvalue weighted by atomic mass is 19.1. The number of para-hydroxylation sites is 2. The van der Waals surface area contributed by atoms with Gasteiger partial charge < -0.3 is 9.47 Å². The molecular weight excluding hydrogens is 233 g/mol. The van der Waals surface area contributed by atoms with E-state index in [2.05, 4.69) is 9.47 Å². The molecule has 7 heteroatoms. The van der Waals surface area contributed by atoms with Crippen molar-refractivity contribution in [2.45, 2.75) is 13.3 Å². The average Bonchev–Trinajstić information content (AvgIpc) is 2.29. The van der Waals surface area contributed by atoms with Crippen molar-refractivity contribution in [3.63, 3.8) is 0 Å². The third kappa shape index (κ3) is 3.40. The van der Waals surface area contributed by atoms with Crippen molar-refractivity contribution in [3.05, 3.63) is 34.4 Å². The predicted molar refractivity (Wildman–Crippen MR) is 55.3 cm³/mol. The lowest BCUT2D eigenvalue weighted by molar-refractivity contribution is -0.386. The number of nitro groups is 1. The van der Waals surface area contributed by atoms with Crippen LogP contribution in [0, 0.1) is 10.1 Å². The van der Waals surface area contributed by atoms with Gasteiger partial charge in [-0.2, -0.15) is 4.39 Å². The van der Waals surface area contributed by atoms with Crippen molar-refractivity contribution < 1.29 is 23.6 Å². The molecule has 1 aromatic rings. The number of carbonyl (C=O) groups is 1. The molecule has 1 unspecified atom stereocenters. The standard InChI is InChI=1S/C10H10FNO5/c1-2-16-10(13)9(11)17-8-6-4-3-5-7(8)12(14)15/h3-6,9H,2H2,1H3. The van der Waals surface area contributed by atoms with Gasteiger partial charge in [0.15, 0.2) is 0 Å². The minimum absolute atomic E-state index is 0.000500. The first-order chi connectivity index (χ1) is 8.06. The Labute approximate surface area is 96.1 Å². The van der Waals surface area contributed by atoms with E-state index in [1.807, 2.05) is 0 Å². The molecular formula is C10H10FNO5. The van der Waals surface area contributed by atoms with Gasteiger partial charge >= 0.3 is 18.0 Å². The molecule has 0 heterocycles.